The minimum atomic E-state index is -0.718. The fourth-order valence-electron chi connectivity index (χ4n) is 2.18. The van der Waals surface area contributed by atoms with E-state index in [1.54, 1.807) is 19.1 Å². The zero-order valence-corrected chi connectivity index (χ0v) is 13.0. The van der Waals surface area contributed by atoms with Crippen LogP contribution in [0.2, 0.25) is 0 Å². The summed E-state index contributed by atoms with van der Waals surface area (Å²) < 4.78 is 12.9. The minimum Gasteiger partial charge on any atom is -0.341 e. The van der Waals surface area contributed by atoms with Crippen molar-refractivity contribution < 1.29 is 14.0 Å². The molecule has 2 amide bonds. The van der Waals surface area contributed by atoms with E-state index in [1.165, 1.54) is 12.1 Å². The predicted molar refractivity (Wildman–Crippen MR) is 86.0 cm³/mol. The summed E-state index contributed by atoms with van der Waals surface area (Å²) in [7, 11) is 0. The average Bonchev–Trinajstić information content (AvgIpc) is 2.56. The highest BCUT2D eigenvalue weighted by Gasteiger charge is 2.19. The van der Waals surface area contributed by atoms with E-state index in [0.717, 1.165) is 11.1 Å². The Hall–Kier alpha value is -2.69. The summed E-state index contributed by atoms with van der Waals surface area (Å²) in [5, 5.41) is 5.25. The highest BCUT2D eigenvalue weighted by molar-refractivity contribution is 6.35. The summed E-state index contributed by atoms with van der Waals surface area (Å²) >= 11 is 0. The van der Waals surface area contributed by atoms with E-state index < -0.39 is 11.8 Å². The molecule has 0 aromatic heterocycles. The number of rotatable bonds is 4. The molecule has 0 unspecified atom stereocenters. The molecule has 0 aliphatic heterocycles. The number of hydrogen-bond donors (Lipinski definition) is 2. The Morgan fingerprint density at radius 1 is 0.783 bits per heavy atom. The molecule has 2 atom stereocenters. The largest absolute Gasteiger partial charge is 0.341 e. The van der Waals surface area contributed by atoms with E-state index in [2.05, 4.69) is 10.6 Å². The second-order valence-corrected chi connectivity index (χ2v) is 5.35. The van der Waals surface area contributed by atoms with Crippen molar-refractivity contribution in [2.45, 2.75) is 25.9 Å². The van der Waals surface area contributed by atoms with Crippen molar-refractivity contribution in [3.63, 3.8) is 0 Å². The van der Waals surface area contributed by atoms with Crippen LogP contribution in [0.15, 0.2) is 54.6 Å². The molecule has 5 heteroatoms. The Bertz CT molecular complexity index is 671. The number of benzene rings is 2. The van der Waals surface area contributed by atoms with Crippen molar-refractivity contribution in [1.82, 2.24) is 10.6 Å². The first-order valence-electron chi connectivity index (χ1n) is 7.39. The second kappa shape index (κ2) is 7.54. The summed E-state index contributed by atoms with van der Waals surface area (Å²) in [5.41, 5.74) is 1.64. The average molecular weight is 314 g/mol. The lowest BCUT2D eigenvalue weighted by Gasteiger charge is -2.17. The highest BCUT2D eigenvalue weighted by Crippen LogP contribution is 2.13. The molecule has 2 N–H and O–H groups in total. The molecule has 0 fully saturated rings. The smallest absolute Gasteiger partial charge is 0.309 e. The molecule has 4 nitrogen and oxygen atoms in total. The van der Waals surface area contributed by atoms with Crippen LogP contribution in [0.25, 0.3) is 0 Å². The predicted octanol–water partition coefficient (Wildman–Crippen LogP) is 2.88. The molecule has 120 valence electrons. The Morgan fingerprint density at radius 3 is 1.70 bits per heavy atom. The summed E-state index contributed by atoms with van der Waals surface area (Å²) in [6, 6.07) is 14.5. The summed E-state index contributed by atoms with van der Waals surface area (Å²) in [6.45, 7) is 3.54. The normalized spacial score (nSPS) is 13.0. The third-order valence-electron chi connectivity index (χ3n) is 3.57. The van der Waals surface area contributed by atoms with Crippen molar-refractivity contribution in [1.29, 1.82) is 0 Å². The van der Waals surface area contributed by atoms with Crippen LogP contribution in [-0.4, -0.2) is 11.8 Å². The van der Waals surface area contributed by atoms with Crippen LogP contribution in [0.5, 0.6) is 0 Å². The number of carbonyl (C=O) groups excluding carboxylic acids is 2. The Balaban J connectivity index is 1.92. The van der Waals surface area contributed by atoms with Gasteiger partial charge in [0.15, 0.2) is 0 Å². The van der Waals surface area contributed by atoms with Gasteiger partial charge in [-0.1, -0.05) is 42.5 Å². The van der Waals surface area contributed by atoms with Crippen LogP contribution in [0, 0.1) is 5.82 Å². The fraction of sp³-hybridized carbons (Fsp3) is 0.222. The maximum Gasteiger partial charge on any atom is 0.309 e. The van der Waals surface area contributed by atoms with Crippen LogP contribution in [-0.2, 0) is 9.59 Å². The maximum absolute atomic E-state index is 12.9. The van der Waals surface area contributed by atoms with Crippen LogP contribution >= 0.6 is 0 Å². The van der Waals surface area contributed by atoms with Gasteiger partial charge in [0.25, 0.3) is 0 Å². The Labute approximate surface area is 134 Å². The first kappa shape index (κ1) is 16.7. The quantitative estimate of drug-likeness (QED) is 0.853. The van der Waals surface area contributed by atoms with Gasteiger partial charge in [0, 0.05) is 0 Å². The van der Waals surface area contributed by atoms with Crippen molar-refractivity contribution in [2.24, 2.45) is 0 Å². The minimum absolute atomic E-state index is 0.268. The van der Waals surface area contributed by atoms with Gasteiger partial charge in [-0.25, -0.2) is 4.39 Å². The standard InChI is InChI=1S/C18H19FN2O2/c1-12(14-6-4-3-5-7-14)20-17(22)18(23)21-13(2)15-8-10-16(19)11-9-15/h3-13H,1-2H3,(H,20,22)(H,21,23)/t12-,13+/m0/s1. The molecule has 2 rings (SSSR count). The van der Waals surface area contributed by atoms with Gasteiger partial charge in [0.2, 0.25) is 0 Å². The number of amides is 2. The highest BCUT2D eigenvalue weighted by atomic mass is 19.1. The van der Waals surface area contributed by atoms with Crippen LogP contribution < -0.4 is 10.6 Å². The van der Waals surface area contributed by atoms with E-state index in [1.807, 2.05) is 37.3 Å². The molecule has 0 bridgehead atoms. The molecule has 0 spiro atoms. The zero-order chi connectivity index (χ0) is 16.8. The van der Waals surface area contributed by atoms with E-state index in [-0.39, 0.29) is 17.9 Å². The van der Waals surface area contributed by atoms with Crippen molar-refractivity contribution in [3.05, 3.63) is 71.5 Å². The van der Waals surface area contributed by atoms with Gasteiger partial charge in [-0.3, -0.25) is 9.59 Å². The van der Waals surface area contributed by atoms with E-state index in [4.69, 9.17) is 0 Å². The van der Waals surface area contributed by atoms with Crippen molar-refractivity contribution in [2.75, 3.05) is 0 Å². The SMILES string of the molecule is C[C@H](NC(=O)C(=O)N[C@H](C)c1ccc(F)cc1)c1ccccc1. The van der Waals surface area contributed by atoms with E-state index in [0.29, 0.717) is 0 Å². The number of halogens is 1. The third-order valence-corrected chi connectivity index (χ3v) is 3.57. The zero-order valence-electron chi connectivity index (χ0n) is 13.0. The lowest BCUT2D eigenvalue weighted by atomic mass is 10.1. The molecule has 0 aliphatic rings. The van der Waals surface area contributed by atoms with Gasteiger partial charge in [0.05, 0.1) is 12.1 Å². The van der Waals surface area contributed by atoms with Crippen molar-refractivity contribution >= 4 is 11.8 Å². The summed E-state index contributed by atoms with van der Waals surface area (Å²) in [4.78, 5) is 23.9. The first-order chi connectivity index (χ1) is 11.0. The van der Waals surface area contributed by atoms with Gasteiger partial charge in [-0.2, -0.15) is 0 Å². The molecule has 2 aromatic carbocycles. The van der Waals surface area contributed by atoms with E-state index in [9.17, 15) is 14.0 Å². The molecular weight excluding hydrogens is 295 g/mol. The number of nitrogens with one attached hydrogen (secondary N) is 2. The van der Waals surface area contributed by atoms with Crippen LogP contribution in [0.3, 0.4) is 0 Å². The molecule has 23 heavy (non-hydrogen) atoms. The fourth-order valence-corrected chi connectivity index (χ4v) is 2.18. The molecule has 0 saturated heterocycles. The van der Waals surface area contributed by atoms with Gasteiger partial charge in [-0.05, 0) is 37.1 Å². The molecule has 0 aliphatic carbocycles. The molecule has 0 heterocycles. The topological polar surface area (TPSA) is 58.2 Å². The van der Waals surface area contributed by atoms with Gasteiger partial charge in [0.1, 0.15) is 5.82 Å². The Morgan fingerprint density at radius 2 is 1.22 bits per heavy atom. The number of hydrogen-bond acceptors (Lipinski definition) is 2. The molecule has 0 radical (unpaired) electrons. The molecular formula is C18H19FN2O2. The monoisotopic (exact) mass is 314 g/mol. The molecule has 0 saturated carbocycles. The van der Waals surface area contributed by atoms with E-state index >= 15 is 0 Å². The summed E-state index contributed by atoms with van der Waals surface area (Å²) in [5.74, 6) is -1.76. The second-order valence-electron chi connectivity index (χ2n) is 5.35. The molecule has 2 aromatic rings. The number of carbonyl (C=O) groups is 2. The van der Waals surface area contributed by atoms with Crippen LogP contribution in [0.1, 0.15) is 37.1 Å². The van der Waals surface area contributed by atoms with Gasteiger partial charge in [-0.15, -0.1) is 0 Å². The first-order valence-corrected chi connectivity index (χ1v) is 7.39. The Kier molecular flexibility index (Phi) is 5.46. The summed E-state index contributed by atoms with van der Waals surface area (Å²) in [6.07, 6.45) is 0. The lowest BCUT2D eigenvalue weighted by Crippen LogP contribution is -2.41. The van der Waals surface area contributed by atoms with Gasteiger partial charge >= 0.3 is 11.8 Å². The lowest BCUT2D eigenvalue weighted by molar-refractivity contribution is -0.140. The van der Waals surface area contributed by atoms with Gasteiger partial charge < -0.3 is 10.6 Å². The maximum atomic E-state index is 12.9. The van der Waals surface area contributed by atoms with Crippen LogP contribution in [0.4, 0.5) is 4.39 Å². The van der Waals surface area contributed by atoms with Crippen molar-refractivity contribution in [3.8, 4) is 0 Å². The third kappa shape index (κ3) is 4.64.